The molecule has 3 rings (SSSR count). The normalized spacial score (nSPS) is 19.0. The van der Waals surface area contributed by atoms with Crippen LogP contribution >= 0.6 is 23.1 Å². The quantitative estimate of drug-likeness (QED) is 0.637. The Bertz CT molecular complexity index is 711. The molecule has 0 fully saturated rings. The zero-order chi connectivity index (χ0) is 15.9. The number of fused-ring (bicyclic) bond motifs is 3. The molecule has 2 heterocycles. The Morgan fingerprint density at radius 2 is 2.23 bits per heavy atom. The summed E-state index contributed by atoms with van der Waals surface area (Å²) in [5.41, 5.74) is 1.42. The third-order valence-electron chi connectivity index (χ3n) is 4.13. The minimum absolute atomic E-state index is 0.120. The van der Waals surface area contributed by atoms with Crippen molar-refractivity contribution in [1.29, 1.82) is 0 Å². The Morgan fingerprint density at radius 1 is 1.45 bits per heavy atom. The average Bonchev–Trinajstić information content (AvgIpc) is 2.84. The summed E-state index contributed by atoms with van der Waals surface area (Å²) in [4.78, 5) is 25.2. The van der Waals surface area contributed by atoms with E-state index in [1.165, 1.54) is 22.2 Å². The van der Waals surface area contributed by atoms with Crippen molar-refractivity contribution < 1.29 is 4.79 Å². The van der Waals surface area contributed by atoms with Gasteiger partial charge in [0.2, 0.25) is 5.91 Å². The molecule has 2 aromatic heterocycles. The minimum atomic E-state index is -0.133. The number of aryl methyl sites for hydroxylation is 1. The van der Waals surface area contributed by atoms with Crippen molar-refractivity contribution >= 4 is 39.2 Å². The summed E-state index contributed by atoms with van der Waals surface area (Å²) in [6.07, 6.45) is 5.10. The molecule has 118 valence electrons. The van der Waals surface area contributed by atoms with Gasteiger partial charge in [0, 0.05) is 24.4 Å². The first-order valence-corrected chi connectivity index (χ1v) is 9.30. The lowest BCUT2D eigenvalue weighted by Crippen LogP contribution is -2.29. The third kappa shape index (κ3) is 2.86. The molecule has 0 spiro atoms. The van der Waals surface area contributed by atoms with Crippen LogP contribution in [0, 0.1) is 5.92 Å². The Labute approximate surface area is 139 Å². The molecule has 2 aromatic rings. The maximum Gasteiger partial charge on any atom is 0.235 e. The van der Waals surface area contributed by atoms with Crippen LogP contribution in [0.1, 0.15) is 30.7 Å². The second kappa shape index (κ2) is 6.16. The molecule has 0 aromatic carbocycles. The van der Waals surface area contributed by atoms with Gasteiger partial charge < -0.3 is 4.90 Å². The van der Waals surface area contributed by atoms with Gasteiger partial charge >= 0.3 is 0 Å². The van der Waals surface area contributed by atoms with E-state index in [0.717, 1.165) is 28.6 Å². The fraction of sp³-hybridized carbons (Fsp3) is 0.562. The van der Waals surface area contributed by atoms with Gasteiger partial charge in [0.25, 0.3) is 0 Å². The highest BCUT2D eigenvalue weighted by atomic mass is 32.2. The van der Waals surface area contributed by atoms with Gasteiger partial charge in [-0.2, -0.15) is 0 Å². The van der Waals surface area contributed by atoms with E-state index in [-0.39, 0.29) is 11.2 Å². The number of thioether (sulfide) groups is 1. The Morgan fingerprint density at radius 3 is 2.95 bits per heavy atom. The van der Waals surface area contributed by atoms with Gasteiger partial charge in [0.1, 0.15) is 16.2 Å². The molecule has 0 aliphatic heterocycles. The van der Waals surface area contributed by atoms with Crippen LogP contribution in [0.2, 0.25) is 0 Å². The fourth-order valence-electron chi connectivity index (χ4n) is 2.92. The smallest absolute Gasteiger partial charge is 0.235 e. The molecule has 6 heteroatoms. The number of nitrogens with zero attached hydrogens (tertiary/aromatic N) is 3. The summed E-state index contributed by atoms with van der Waals surface area (Å²) < 4.78 is 0. The Hall–Kier alpha value is -1.14. The predicted octanol–water partition coefficient (Wildman–Crippen LogP) is 3.38. The lowest BCUT2D eigenvalue weighted by Gasteiger charge is -2.19. The van der Waals surface area contributed by atoms with E-state index >= 15 is 0 Å². The molecule has 0 saturated heterocycles. The predicted molar refractivity (Wildman–Crippen MR) is 92.6 cm³/mol. The van der Waals surface area contributed by atoms with Crippen LogP contribution in [-0.4, -0.2) is 40.1 Å². The zero-order valence-electron chi connectivity index (χ0n) is 13.4. The number of hydrogen-bond acceptors (Lipinski definition) is 5. The Kier molecular flexibility index (Phi) is 4.41. The maximum absolute atomic E-state index is 12.1. The third-order valence-corrected chi connectivity index (χ3v) is 6.38. The molecule has 0 bridgehead atoms. The highest BCUT2D eigenvalue weighted by Crippen LogP contribution is 2.41. The second-order valence-corrected chi connectivity index (χ2v) is 8.62. The van der Waals surface area contributed by atoms with Crippen LogP contribution in [0.15, 0.2) is 11.4 Å². The van der Waals surface area contributed by atoms with Crippen LogP contribution < -0.4 is 0 Å². The molecule has 4 nitrogen and oxygen atoms in total. The molecule has 2 atom stereocenters. The lowest BCUT2D eigenvalue weighted by atomic mass is 9.89. The number of carbonyl (C=O) groups excluding carboxylic acids is 1. The molecular weight excluding hydrogens is 314 g/mol. The number of aromatic nitrogens is 2. The van der Waals surface area contributed by atoms with E-state index < -0.39 is 0 Å². The van der Waals surface area contributed by atoms with Crippen molar-refractivity contribution in [1.82, 2.24) is 14.9 Å². The van der Waals surface area contributed by atoms with Crippen molar-refractivity contribution in [3.05, 3.63) is 16.8 Å². The largest absolute Gasteiger partial charge is 0.348 e. The van der Waals surface area contributed by atoms with Crippen LogP contribution in [0.25, 0.3) is 10.2 Å². The molecular formula is C16H21N3OS2. The molecule has 1 aliphatic carbocycles. The van der Waals surface area contributed by atoms with Crippen LogP contribution in [0.3, 0.4) is 0 Å². The highest BCUT2D eigenvalue weighted by Gasteiger charge is 2.25. The Balaban J connectivity index is 1.98. The first-order valence-electron chi connectivity index (χ1n) is 7.60. The molecule has 22 heavy (non-hydrogen) atoms. The van der Waals surface area contributed by atoms with E-state index in [2.05, 4.69) is 16.9 Å². The standard InChI is InChI=1S/C16H21N3OS2/c1-9-5-6-11-12(7-9)22-15-13(11)14(17-8-18-15)21-10(2)16(20)19(3)4/h8-10H,5-7H2,1-4H3/t9-,10+/m1/s1. The van der Waals surface area contributed by atoms with Gasteiger partial charge in [0.15, 0.2) is 0 Å². The number of rotatable bonds is 3. The van der Waals surface area contributed by atoms with Crippen LogP contribution in [0.4, 0.5) is 0 Å². The summed E-state index contributed by atoms with van der Waals surface area (Å²) >= 11 is 3.35. The summed E-state index contributed by atoms with van der Waals surface area (Å²) in [6.45, 7) is 4.26. The van der Waals surface area contributed by atoms with Crippen molar-refractivity contribution in [2.24, 2.45) is 5.92 Å². The molecule has 0 N–H and O–H groups in total. The highest BCUT2D eigenvalue weighted by molar-refractivity contribution is 8.00. The monoisotopic (exact) mass is 335 g/mol. The maximum atomic E-state index is 12.1. The van der Waals surface area contributed by atoms with Crippen molar-refractivity contribution in [2.75, 3.05) is 14.1 Å². The van der Waals surface area contributed by atoms with E-state index in [9.17, 15) is 4.79 Å². The number of carbonyl (C=O) groups is 1. The first kappa shape index (κ1) is 15.7. The van der Waals surface area contributed by atoms with Gasteiger partial charge in [-0.05, 0) is 37.7 Å². The van der Waals surface area contributed by atoms with Crippen LogP contribution in [0.5, 0.6) is 0 Å². The second-order valence-electron chi connectivity index (χ2n) is 6.20. The van der Waals surface area contributed by atoms with Gasteiger partial charge in [-0.25, -0.2) is 9.97 Å². The number of hydrogen-bond donors (Lipinski definition) is 0. The fourth-order valence-corrected chi connectivity index (χ4v) is 5.42. The number of thiophene rings is 1. The van der Waals surface area contributed by atoms with Gasteiger partial charge in [-0.3, -0.25) is 4.79 Å². The van der Waals surface area contributed by atoms with E-state index in [1.54, 1.807) is 48.4 Å². The van der Waals surface area contributed by atoms with Gasteiger partial charge in [-0.15, -0.1) is 11.3 Å². The molecule has 0 radical (unpaired) electrons. The van der Waals surface area contributed by atoms with Gasteiger partial charge in [0.05, 0.1) is 5.25 Å². The molecule has 1 aliphatic rings. The lowest BCUT2D eigenvalue weighted by molar-refractivity contribution is -0.127. The van der Waals surface area contributed by atoms with Crippen molar-refractivity contribution in [2.45, 2.75) is 43.4 Å². The molecule has 0 unspecified atom stereocenters. The first-order chi connectivity index (χ1) is 10.5. The van der Waals surface area contributed by atoms with Crippen molar-refractivity contribution in [3.8, 4) is 0 Å². The topological polar surface area (TPSA) is 46.1 Å². The summed E-state index contributed by atoms with van der Waals surface area (Å²) in [6, 6.07) is 0. The van der Waals surface area contributed by atoms with Gasteiger partial charge in [-0.1, -0.05) is 18.7 Å². The minimum Gasteiger partial charge on any atom is -0.348 e. The molecule has 0 saturated carbocycles. The van der Waals surface area contributed by atoms with Crippen molar-refractivity contribution in [3.63, 3.8) is 0 Å². The SMILES string of the molecule is C[C@@H]1CCc2c(sc3ncnc(S[C@@H](C)C(=O)N(C)C)c23)C1. The van der Waals surface area contributed by atoms with Crippen LogP contribution in [-0.2, 0) is 17.6 Å². The number of amides is 1. The summed E-state index contributed by atoms with van der Waals surface area (Å²) in [7, 11) is 3.59. The zero-order valence-corrected chi connectivity index (χ0v) is 15.1. The van der Waals surface area contributed by atoms with E-state index in [0.29, 0.717) is 0 Å². The summed E-state index contributed by atoms with van der Waals surface area (Å²) in [5, 5.41) is 2.02. The molecule has 1 amide bonds. The average molecular weight is 335 g/mol. The van der Waals surface area contributed by atoms with E-state index in [1.807, 2.05) is 6.92 Å². The van der Waals surface area contributed by atoms with E-state index in [4.69, 9.17) is 0 Å². The summed E-state index contributed by atoms with van der Waals surface area (Å²) in [5.74, 6) is 0.869.